The third kappa shape index (κ3) is 2.17. The van der Waals surface area contributed by atoms with Crippen LogP contribution in [-0.4, -0.2) is 23.6 Å². The highest BCUT2D eigenvalue weighted by molar-refractivity contribution is 5.73. The molecule has 0 spiro atoms. The number of carbonyl (C=O) groups excluding carboxylic acids is 1. The molecule has 1 amide bonds. The number of hydrogen-bond acceptors (Lipinski definition) is 1. The van der Waals surface area contributed by atoms with Crippen molar-refractivity contribution in [3.8, 4) is 0 Å². The Kier molecular flexibility index (Phi) is 2.85. The fourth-order valence-electron chi connectivity index (χ4n) is 1.42. The van der Waals surface area contributed by atoms with E-state index in [-0.39, 0.29) is 5.91 Å². The van der Waals surface area contributed by atoms with Crippen LogP contribution in [0.4, 0.5) is 4.39 Å². The summed E-state index contributed by atoms with van der Waals surface area (Å²) in [4.78, 5) is 12.2. The van der Waals surface area contributed by atoms with Crippen LogP contribution in [0.1, 0.15) is 32.6 Å². The normalized spacial score (nSPS) is 26.4. The van der Waals surface area contributed by atoms with Crippen molar-refractivity contribution in [3.63, 3.8) is 0 Å². The van der Waals surface area contributed by atoms with Crippen LogP contribution in [-0.2, 0) is 4.79 Å². The van der Waals surface area contributed by atoms with Crippen molar-refractivity contribution < 1.29 is 9.18 Å². The SMILES string of the molecule is CC(=O)N1CCCCCC1F. The maximum Gasteiger partial charge on any atom is 0.221 e. The van der Waals surface area contributed by atoms with Crippen LogP contribution in [0.25, 0.3) is 0 Å². The number of likely N-dealkylation sites (tertiary alicyclic amines) is 1. The number of hydrogen-bond donors (Lipinski definition) is 0. The van der Waals surface area contributed by atoms with E-state index in [1.165, 1.54) is 11.8 Å². The van der Waals surface area contributed by atoms with Gasteiger partial charge in [-0.15, -0.1) is 0 Å². The predicted octanol–water partition coefficient (Wildman–Crippen LogP) is 1.70. The molecule has 0 bridgehead atoms. The molecule has 0 aromatic heterocycles. The molecule has 1 heterocycles. The van der Waals surface area contributed by atoms with Crippen molar-refractivity contribution in [3.05, 3.63) is 0 Å². The van der Waals surface area contributed by atoms with Gasteiger partial charge in [-0.1, -0.05) is 6.42 Å². The van der Waals surface area contributed by atoms with Gasteiger partial charge in [0, 0.05) is 13.5 Å². The number of alkyl halides is 1. The topological polar surface area (TPSA) is 20.3 Å². The minimum absolute atomic E-state index is 0.139. The first-order valence-corrected chi connectivity index (χ1v) is 4.13. The Balaban J connectivity index is 2.52. The first kappa shape index (κ1) is 8.50. The highest BCUT2D eigenvalue weighted by Gasteiger charge is 2.21. The van der Waals surface area contributed by atoms with Crippen molar-refractivity contribution in [2.75, 3.05) is 6.54 Å². The first-order valence-electron chi connectivity index (χ1n) is 4.13. The summed E-state index contributed by atoms with van der Waals surface area (Å²) >= 11 is 0. The highest BCUT2D eigenvalue weighted by atomic mass is 19.1. The van der Waals surface area contributed by atoms with Gasteiger partial charge < -0.3 is 4.90 Å². The van der Waals surface area contributed by atoms with E-state index in [0.717, 1.165) is 19.3 Å². The van der Waals surface area contributed by atoms with Crippen molar-refractivity contribution in [1.29, 1.82) is 0 Å². The van der Waals surface area contributed by atoms with E-state index >= 15 is 0 Å². The summed E-state index contributed by atoms with van der Waals surface area (Å²) in [6.07, 6.45) is 2.38. The fourth-order valence-corrected chi connectivity index (χ4v) is 1.42. The lowest BCUT2D eigenvalue weighted by Gasteiger charge is -2.21. The maximum absolute atomic E-state index is 13.1. The number of halogens is 1. The summed E-state index contributed by atoms with van der Waals surface area (Å²) in [5.41, 5.74) is 0. The molecule has 1 aliphatic heterocycles. The molecule has 1 saturated heterocycles. The van der Waals surface area contributed by atoms with Gasteiger partial charge in [0.1, 0.15) is 0 Å². The monoisotopic (exact) mass is 159 g/mol. The zero-order chi connectivity index (χ0) is 8.27. The van der Waals surface area contributed by atoms with Gasteiger partial charge >= 0.3 is 0 Å². The van der Waals surface area contributed by atoms with Gasteiger partial charge in [-0.25, -0.2) is 4.39 Å². The molecule has 0 radical (unpaired) electrons. The minimum Gasteiger partial charge on any atom is -0.313 e. The van der Waals surface area contributed by atoms with E-state index in [2.05, 4.69) is 0 Å². The van der Waals surface area contributed by atoms with Gasteiger partial charge in [-0.2, -0.15) is 0 Å². The molecule has 0 saturated carbocycles. The highest BCUT2D eigenvalue weighted by Crippen LogP contribution is 2.17. The molecule has 1 unspecified atom stereocenters. The number of nitrogens with zero attached hydrogens (tertiary/aromatic N) is 1. The Bertz CT molecular complexity index is 149. The summed E-state index contributed by atoms with van der Waals surface area (Å²) in [7, 11) is 0. The Morgan fingerprint density at radius 2 is 2.18 bits per heavy atom. The number of amides is 1. The van der Waals surface area contributed by atoms with Gasteiger partial charge in [0.25, 0.3) is 0 Å². The predicted molar refractivity (Wildman–Crippen MR) is 40.8 cm³/mol. The zero-order valence-corrected chi connectivity index (χ0v) is 6.85. The van der Waals surface area contributed by atoms with Crippen LogP contribution in [0.2, 0.25) is 0 Å². The van der Waals surface area contributed by atoms with E-state index in [1.807, 2.05) is 0 Å². The van der Waals surface area contributed by atoms with E-state index in [4.69, 9.17) is 0 Å². The smallest absolute Gasteiger partial charge is 0.221 e. The summed E-state index contributed by atoms with van der Waals surface area (Å²) in [5.74, 6) is -0.139. The zero-order valence-electron chi connectivity index (χ0n) is 6.85. The standard InChI is InChI=1S/C8H14FNO/c1-7(11)10-6-4-2-3-5-8(10)9/h8H,2-6H2,1H3. The summed E-state index contributed by atoms with van der Waals surface area (Å²) in [5, 5.41) is 0. The second-order valence-corrected chi connectivity index (χ2v) is 3.00. The van der Waals surface area contributed by atoms with Crippen molar-refractivity contribution in [1.82, 2.24) is 4.90 Å². The van der Waals surface area contributed by atoms with Gasteiger partial charge in [-0.3, -0.25) is 4.79 Å². The molecule has 1 atom stereocenters. The molecule has 0 aliphatic carbocycles. The number of carbonyl (C=O) groups is 1. The third-order valence-electron chi connectivity index (χ3n) is 2.08. The van der Waals surface area contributed by atoms with E-state index in [1.54, 1.807) is 0 Å². The summed E-state index contributed by atoms with van der Waals surface area (Å²) in [6.45, 7) is 2.02. The van der Waals surface area contributed by atoms with Crippen molar-refractivity contribution in [2.45, 2.75) is 38.9 Å². The molecule has 11 heavy (non-hydrogen) atoms. The third-order valence-corrected chi connectivity index (χ3v) is 2.08. The van der Waals surface area contributed by atoms with E-state index < -0.39 is 6.30 Å². The summed E-state index contributed by atoms with van der Waals surface area (Å²) in [6, 6.07) is 0. The van der Waals surface area contributed by atoms with Gasteiger partial charge in [-0.05, 0) is 19.3 Å². The van der Waals surface area contributed by atoms with Crippen molar-refractivity contribution >= 4 is 5.91 Å². The molecule has 1 rings (SSSR count). The van der Waals surface area contributed by atoms with Gasteiger partial charge in [0.05, 0.1) is 0 Å². The molecule has 1 fully saturated rings. The lowest BCUT2D eigenvalue weighted by molar-refractivity contribution is -0.134. The Morgan fingerprint density at radius 3 is 2.82 bits per heavy atom. The second-order valence-electron chi connectivity index (χ2n) is 3.00. The van der Waals surface area contributed by atoms with Crippen LogP contribution in [0.5, 0.6) is 0 Å². The Morgan fingerprint density at radius 1 is 1.45 bits per heavy atom. The molecule has 2 nitrogen and oxygen atoms in total. The lowest BCUT2D eigenvalue weighted by atomic mass is 10.2. The van der Waals surface area contributed by atoms with Crippen LogP contribution in [0, 0.1) is 0 Å². The molecule has 0 aromatic carbocycles. The molecule has 0 N–H and O–H groups in total. The largest absolute Gasteiger partial charge is 0.313 e. The fraction of sp³-hybridized carbons (Fsp3) is 0.875. The van der Waals surface area contributed by atoms with Crippen LogP contribution < -0.4 is 0 Å². The van der Waals surface area contributed by atoms with Crippen LogP contribution >= 0.6 is 0 Å². The average Bonchev–Trinajstić information content (AvgIpc) is 2.13. The molecule has 64 valence electrons. The quantitative estimate of drug-likeness (QED) is 0.493. The lowest BCUT2D eigenvalue weighted by Crippen LogP contribution is -2.35. The second kappa shape index (κ2) is 3.69. The average molecular weight is 159 g/mol. The van der Waals surface area contributed by atoms with Gasteiger partial charge in [0.2, 0.25) is 5.91 Å². The molecule has 3 heteroatoms. The van der Waals surface area contributed by atoms with Gasteiger partial charge in [0.15, 0.2) is 6.30 Å². The first-order chi connectivity index (χ1) is 5.22. The molecular weight excluding hydrogens is 145 g/mol. The summed E-state index contributed by atoms with van der Waals surface area (Å²) < 4.78 is 13.1. The molecule has 1 aliphatic rings. The Hall–Kier alpha value is -0.600. The van der Waals surface area contributed by atoms with Crippen LogP contribution in [0.15, 0.2) is 0 Å². The molecular formula is C8H14FNO. The van der Waals surface area contributed by atoms with E-state index in [0.29, 0.717) is 13.0 Å². The minimum atomic E-state index is -1.03. The maximum atomic E-state index is 13.1. The Labute approximate surface area is 66.4 Å². The van der Waals surface area contributed by atoms with Crippen LogP contribution in [0.3, 0.4) is 0 Å². The van der Waals surface area contributed by atoms with Crippen molar-refractivity contribution in [2.24, 2.45) is 0 Å². The molecule has 0 aromatic rings. The van der Waals surface area contributed by atoms with E-state index in [9.17, 15) is 9.18 Å². The number of rotatable bonds is 0.